The number of aryl methyl sites for hydroxylation is 1. The normalized spacial score (nSPS) is 12.2. The Bertz CT molecular complexity index is 379. The molecule has 1 rings (SSSR count). The van der Waals surface area contributed by atoms with Crippen molar-refractivity contribution in [1.82, 2.24) is 4.98 Å². The van der Waals surface area contributed by atoms with Crippen LogP contribution in [0.25, 0.3) is 0 Å². The van der Waals surface area contributed by atoms with Gasteiger partial charge in [0.25, 0.3) is 0 Å². The zero-order valence-electron chi connectivity index (χ0n) is 9.40. The van der Waals surface area contributed by atoms with Crippen LogP contribution in [0.2, 0.25) is 0 Å². The van der Waals surface area contributed by atoms with Crippen LogP contribution < -0.4 is 5.32 Å². The monoisotopic (exact) mass is 224 g/mol. The lowest BCUT2D eigenvalue weighted by Gasteiger charge is -2.16. The van der Waals surface area contributed by atoms with Crippen molar-refractivity contribution >= 4 is 11.7 Å². The maximum Gasteiger partial charge on any atom is 0.339 e. The Morgan fingerprint density at radius 3 is 2.88 bits per heavy atom. The van der Waals surface area contributed by atoms with Crippen LogP contribution in [0.3, 0.4) is 0 Å². The van der Waals surface area contributed by atoms with Gasteiger partial charge < -0.3 is 15.5 Å². The van der Waals surface area contributed by atoms with Crippen molar-refractivity contribution in [2.45, 2.75) is 26.3 Å². The summed E-state index contributed by atoms with van der Waals surface area (Å²) in [5.41, 5.74) is 1.44. The molecule has 3 N–H and O–H groups in total. The molecule has 1 aromatic heterocycles. The van der Waals surface area contributed by atoms with Crippen molar-refractivity contribution < 1.29 is 15.0 Å². The Morgan fingerprint density at radius 2 is 2.31 bits per heavy atom. The number of nitrogens with zero attached hydrogens (tertiary/aromatic N) is 1. The number of carbonyl (C=O) groups is 1. The lowest BCUT2D eigenvalue weighted by Crippen LogP contribution is -2.19. The van der Waals surface area contributed by atoms with E-state index in [4.69, 9.17) is 10.2 Å². The Morgan fingerprint density at radius 1 is 1.62 bits per heavy atom. The molecule has 0 saturated heterocycles. The molecule has 0 bridgehead atoms. The number of hydrogen-bond acceptors (Lipinski definition) is 4. The number of nitrogens with one attached hydrogen (secondary N) is 1. The number of rotatable bonds is 5. The summed E-state index contributed by atoms with van der Waals surface area (Å²) >= 11 is 0. The summed E-state index contributed by atoms with van der Waals surface area (Å²) in [6.07, 6.45) is 1.91. The van der Waals surface area contributed by atoms with Gasteiger partial charge in [0.05, 0.1) is 5.69 Å². The summed E-state index contributed by atoms with van der Waals surface area (Å²) in [6.45, 7) is 3.76. The van der Waals surface area contributed by atoms with Gasteiger partial charge in [-0.1, -0.05) is 0 Å². The number of anilines is 1. The van der Waals surface area contributed by atoms with E-state index < -0.39 is 5.97 Å². The van der Waals surface area contributed by atoms with Gasteiger partial charge in [-0.25, -0.2) is 4.79 Å². The largest absolute Gasteiger partial charge is 0.478 e. The van der Waals surface area contributed by atoms with Crippen molar-refractivity contribution in [2.24, 2.45) is 0 Å². The van der Waals surface area contributed by atoms with E-state index in [0.29, 0.717) is 12.1 Å². The Kier molecular flexibility index (Phi) is 4.25. The van der Waals surface area contributed by atoms with Crippen LogP contribution in [0, 0.1) is 6.92 Å². The van der Waals surface area contributed by atoms with Crippen LogP contribution in [0.15, 0.2) is 12.3 Å². The van der Waals surface area contributed by atoms with E-state index in [1.54, 1.807) is 13.0 Å². The van der Waals surface area contributed by atoms with Gasteiger partial charge in [0.1, 0.15) is 5.56 Å². The van der Waals surface area contributed by atoms with Gasteiger partial charge in [0.2, 0.25) is 0 Å². The SMILES string of the molecule is Cc1cc(NC(C)CCO)c(C(=O)O)cn1. The van der Waals surface area contributed by atoms with Gasteiger partial charge >= 0.3 is 5.97 Å². The summed E-state index contributed by atoms with van der Waals surface area (Å²) in [5, 5.41) is 20.8. The molecule has 0 aliphatic rings. The van der Waals surface area contributed by atoms with Crippen LogP contribution in [0.5, 0.6) is 0 Å². The van der Waals surface area contributed by atoms with E-state index in [0.717, 1.165) is 5.69 Å². The van der Waals surface area contributed by atoms with Crippen molar-refractivity contribution in [2.75, 3.05) is 11.9 Å². The van der Waals surface area contributed by atoms with Crippen molar-refractivity contribution in [3.05, 3.63) is 23.5 Å². The first kappa shape index (κ1) is 12.4. The van der Waals surface area contributed by atoms with Crippen LogP contribution in [-0.2, 0) is 0 Å². The molecule has 0 aliphatic carbocycles. The average Bonchev–Trinajstić information content (AvgIpc) is 2.17. The summed E-state index contributed by atoms with van der Waals surface area (Å²) < 4.78 is 0. The van der Waals surface area contributed by atoms with Crippen molar-refractivity contribution in [3.63, 3.8) is 0 Å². The number of carboxylic acids is 1. The first-order chi connectivity index (χ1) is 7.54. The molecule has 0 aliphatic heterocycles. The van der Waals surface area contributed by atoms with Crippen LogP contribution in [-0.4, -0.2) is 33.8 Å². The number of aliphatic hydroxyl groups excluding tert-OH is 1. The third-order valence-electron chi connectivity index (χ3n) is 2.24. The summed E-state index contributed by atoms with van der Waals surface area (Å²) in [5.74, 6) is -1.01. The lowest BCUT2D eigenvalue weighted by atomic mass is 10.1. The zero-order chi connectivity index (χ0) is 12.1. The predicted molar refractivity (Wildman–Crippen MR) is 60.7 cm³/mol. The number of hydrogen-bond donors (Lipinski definition) is 3. The number of carboxylic acid groups (broad SMARTS) is 1. The second-order valence-corrected chi connectivity index (χ2v) is 3.73. The van der Waals surface area contributed by atoms with Crippen molar-refractivity contribution in [3.8, 4) is 0 Å². The Balaban J connectivity index is 2.92. The highest BCUT2D eigenvalue weighted by Gasteiger charge is 2.12. The molecular formula is C11H16N2O3. The number of aliphatic hydroxyl groups is 1. The molecule has 1 atom stereocenters. The molecule has 0 fully saturated rings. The standard InChI is InChI=1S/C11H16N2O3/c1-7(3-4-14)13-10-5-8(2)12-6-9(10)11(15)16/h5-7,14H,3-4H2,1-2H3,(H,12,13)(H,15,16). The molecule has 0 saturated carbocycles. The molecule has 1 unspecified atom stereocenters. The third-order valence-corrected chi connectivity index (χ3v) is 2.24. The Labute approximate surface area is 94.1 Å². The fourth-order valence-corrected chi connectivity index (χ4v) is 1.38. The molecule has 0 spiro atoms. The molecule has 1 aromatic rings. The summed E-state index contributed by atoms with van der Waals surface area (Å²) in [4.78, 5) is 14.9. The molecule has 0 radical (unpaired) electrons. The smallest absolute Gasteiger partial charge is 0.339 e. The minimum Gasteiger partial charge on any atom is -0.478 e. The summed E-state index contributed by atoms with van der Waals surface area (Å²) in [7, 11) is 0. The van der Waals surface area contributed by atoms with Gasteiger partial charge in [-0.3, -0.25) is 4.98 Å². The molecule has 16 heavy (non-hydrogen) atoms. The minimum atomic E-state index is -1.01. The number of pyridine rings is 1. The molecule has 88 valence electrons. The van der Waals surface area contributed by atoms with E-state index in [1.807, 2.05) is 6.92 Å². The average molecular weight is 224 g/mol. The van der Waals surface area contributed by atoms with Crippen molar-refractivity contribution in [1.29, 1.82) is 0 Å². The fraction of sp³-hybridized carbons (Fsp3) is 0.455. The zero-order valence-corrected chi connectivity index (χ0v) is 9.40. The van der Waals surface area contributed by atoms with Crippen LogP contribution in [0.1, 0.15) is 29.4 Å². The van der Waals surface area contributed by atoms with Gasteiger partial charge in [-0.2, -0.15) is 0 Å². The van der Waals surface area contributed by atoms with E-state index in [9.17, 15) is 4.79 Å². The van der Waals surface area contributed by atoms with E-state index >= 15 is 0 Å². The second-order valence-electron chi connectivity index (χ2n) is 3.73. The predicted octanol–water partition coefficient (Wildman–Crippen LogP) is 1.27. The highest BCUT2D eigenvalue weighted by Crippen LogP contribution is 2.17. The van der Waals surface area contributed by atoms with Gasteiger partial charge in [-0.05, 0) is 26.3 Å². The van der Waals surface area contributed by atoms with E-state index in [-0.39, 0.29) is 18.2 Å². The van der Waals surface area contributed by atoms with Gasteiger partial charge in [0.15, 0.2) is 0 Å². The summed E-state index contributed by atoms with van der Waals surface area (Å²) in [6, 6.07) is 1.71. The highest BCUT2D eigenvalue weighted by molar-refractivity contribution is 5.93. The minimum absolute atomic E-state index is 0.0184. The third kappa shape index (κ3) is 3.20. The highest BCUT2D eigenvalue weighted by atomic mass is 16.4. The second kappa shape index (κ2) is 5.46. The molecular weight excluding hydrogens is 208 g/mol. The van der Waals surface area contributed by atoms with Gasteiger partial charge in [-0.15, -0.1) is 0 Å². The number of aromatic carboxylic acids is 1. The van der Waals surface area contributed by atoms with E-state index in [1.165, 1.54) is 6.20 Å². The van der Waals surface area contributed by atoms with Crippen LogP contribution in [0.4, 0.5) is 5.69 Å². The fourth-order valence-electron chi connectivity index (χ4n) is 1.38. The Hall–Kier alpha value is -1.62. The molecule has 0 amide bonds. The van der Waals surface area contributed by atoms with Gasteiger partial charge in [0, 0.05) is 24.5 Å². The van der Waals surface area contributed by atoms with Crippen LogP contribution >= 0.6 is 0 Å². The van der Waals surface area contributed by atoms with E-state index in [2.05, 4.69) is 10.3 Å². The molecule has 5 nitrogen and oxygen atoms in total. The maximum absolute atomic E-state index is 10.9. The quantitative estimate of drug-likeness (QED) is 0.701. The lowest BCUT2D eigenvalue weighted by molar-refractivity contribution is 0.0697. The molecule has 5 heteroatoms. The first-order valence-electron chi connectivity index (χ1n) is 5.12. The topological polar surface area (TPSA) is 82.5 Å². The molecule has 0 aromatic carbocycles. The molecule has 1 heterocycles. The first-order valence-corrected chi connectivity index (χ1v) is 5.12. The maximum atomic E-state index is 10.9. The number of aromatic nitrogens is 1.